The smallest absolute Gasteiger partial charge is 0.328 e. The number of rotatable bonds is 9. The molecule has 0 aliphatic heterocycles. The number of hydrogen-bond acceptors (Lipinski definition) is 6. The van der Waals surface area contributed by atoms with Crippen LogP contribution in [0.1, 0.15) is 21.6 Å². The van der Waals surface area contributed by atoms with Crippen molar-refractivity contribution in [3.05, 3.63) is 119 Å². The SMILES string of the molecule is COC(=O)C(Cc1ccc(OCc2ccccc2)cc1)NC(=O)c1cn2cc(-c3ccc(Cl)cc3)cnc2n1. The van der Waals surface area contributed by atoms with Crippen molar-refractivity contribution in [2.45, 2.75) is 19.1 Å². The Morgan fingerprint density at radius 3 is 2.38 bits per heavy atom. The second-order valence-electron chi connectivity index (χ2n) is 8.85. The van der Waals surface area contributed by atoms with Crippen LogP contribution in [0.2, 0.25) is 5.02 Å². The maximum Gasteiger partial charge on any atom is 0.328 e. The Morgan fingerprint density at radius 1 is 0.923 bits per heavy atom. The van der Waals surface area contributed by atoms with Gasteiger partial charge < -0.3 is 14.8 Å². The highest BCUT2D eigenvalue weighted by molar-refractivity contribution is 6.30. The lowest BCUT2D eigenvalue weighted by molar-refractivity contribution is -0.142. The first kappa shape index (κ1) is 25.9. The molecule has 8 nitrogen and oxygen atoms in total. The van der Waals surface area contributed by atoms with Crippen LogP contribution in [0.4, 0.5) is 0 Å². The fourth-order valence-electron chi connectivity index (χ4n) is 4.05. The zero-order valence-electron chi connectivity index (χ0n) is 21.1. The van der Waals surface area contributed by atoms with Crippen molar-refractivity contribution in [2.24, 2.45) is 0 Å². The van der Waals surface area contributed by atoms with Gasteiger partial charge >= 0.3 is 5.97 Å². The summed E-state index contributed by atoms with van der Waals surface area (Å²) in [6.45, 7) is 0.454. The number of aromatic nitrogens is 3. The van der Waals surface area contributed by atoms with Crippen LogP contribution in [0.15, 0.2) is 97.5 Å². The molecule has 1 unspecified atom stereocenters. The second kappa shape index (κ2) is 11.8. The van der Waals surface area contributed by atoms with E-state index in [2.05, 4.69) is 15.3 Å². The molecule has 2 aromatic heterocycles. The Hall–Kier alpha value is -4.69. The number of hydrogen-bond donors (Lipinski definition) is 1. The third-order valence-corrected chi connectivity index (χ3v) is 6.37. The quantitative estimate of drug-likeness (QED) is 0.260. The molecule has 0 aliphatic carbocycles. The highest BCUT2D eigenvalue weighted by Gasteiger charge is 2.24. The van der Waals surface area contributed by atoms with E-state index < -0.39 is 17.9 Å². The predicted octanol–water partition coefficient (Wildman–Crippen LogP) is 5.14. The minimum Gasteiger partial charge on any atom is -0.489 e. The molecule has 1 amide bonds. The van der Waals surface area contributed by atoms with Gasteiger partial charge in [0.2, 0.25) is 5.78 Å². The van der Waals surface area contributed by atoms with Crippen LogP contribution in [-0.2, 0) is 22.6 Å². The van der Waals surface area contributed by atoms with Crippen molar-refractivity contribution in [3.63, 3.8) is 0 Å². The van der Waals surface area contributed by atoms with Gasteiger partial charge in [0.1, 0.15) is 24.1 Å². The average molecular weight is 541 g/mol. The van der Waals surface area contributed by atoms with E-state index in [1.807, 2.05) is 72.9 Å². The number of fused-ring (bicyclic) bond motifs is 1. The first-order valence-electron chi connectivity index (χ1n) is 12.2. The first-order valence-corrected chi connectivity index (χ1v) is 12.6. The van der Waals surface area contributed by atoms with E-state index in [1.165, 1.54) is 7.11 Å². The summed E-state index contributed by atoms with van der Waals surface area (Å²) in [5, 5.41) is 3.38. The van der Waals surface area contributed by atoms with Crippen molar-refractivity contribution >= 4 is 29.3 Å². The number of nitrogens with zero attached hydrogens (tertiary/aromatic N) is 3. The summed E-state index contributed by atoms with van der Waals surface area (Å²) in [6, 6.07) is 23.7. The van der Waals surface area contributed by atoms with Crippen LogP contribution >= 0.6 is 11.6 Å². The van der Waals surface area contributed by atoms with Crippen LogP contribution in [0.25, 0.3) is 16.9 Å². The number of methoxy groups -OCH3 is 1. The Balaban J connectivity index is 1.26. The standard InChI is InChI=1S/C30H25ClN4O4/c1-38-29(37)26(15-20-7-13-25(14-8-20)39-19-21-5-3-2-4-6-21)33-28(36)27-18-35-17-23(16-32-30(35)34-27)22-9-11-24(31)12-10-22/h2-14,16-18,26H,15,19H2,1H3,(H,33,36). The van der Waals surface area contributed by atoms with Gasteiger partial charge in [-0.1, -0.05) is 66.2 Å². The summed E-state index contributed by atoms with van der Waals surface area (Å²) in [7, 11) is 1.29. The molecule has 0 bridgehead atoms. The van der Waals surface area contributed by atoms with Crippen LogP contribution in [-0.4, -0.2) is 39.4 Å². The van der Waals surface area contributed by atoms with Crippen LogP contribution < -0.4 is 10.1 Å². The molecule has 39 heavy (non-hydrogen) atoms. The summed E-state index contributed by atoms with van der Waals surface area (Å²) in [6.07, 6.45) is 5.32. The molecule has 0 radical (unpaired) electrons. The van der Waals surface area contributed by atoms with E-state index in [4.69, 9.17) is 21.1 Å². The average Bonchev–Trinajstić information content (AvgIpc) is 3.41. The molecule has 5 rings (SSSR count). The molecular weight excluding hydrogens is 516 g/mol. The summed E-state index contributed by atoms with van der Waals surface area (Å²) in [5.41, 5.74) is 3.80. The van der Waals surface area contributed by atoms with Crippen molar-refractivity contribution < 1.29 is 19.1 Å². The maximum absolute atomic E-state index is 13.0. The molecule has 5 aromatic rings. The molecule has 0 spiro atoms. The molecule has 196 valence electrons. The minimum atomic E-state index is -0.902. The lowest BCUT2D eigenvalue weighted by atomic mass is 10.1. The van der Waals surface area contributed by atoms with Gasteiger partial charge in [0.15, 0.2) is 0 Å². The van der Waals surface area contributed by atoms with Gasteiger partial charge in [0.05, 0.1) is 7.11 Å². The van der Waals surface area contributed by atoms with Gasteiger partial charge in [0, 0.05) is 35.6 Å². The lowest BCUT2D eigenvalue weighted by Gasteiger charge is -2.16. The fourth-order valence-corrected chi connectivity index (χ4v) is 4.18. The first-order chi connectivity index (χ1) is 19.0. The maximum atomic E-state index is 13.0. The topological polar surface area (TPSA) is 94.8 Å². The molecule has 9 heteroatoms. The van der Waals surface area contributed by atoms with Crippen LogP contribution in [0.5, 0.6) is 5.75 Å². The Labute approximate surface area is 230 Å². The van der Waals surface area contributed by atoms with E-state index in [1.54, 1.807) is 28.9 Å². The number of ether oxygens (including phenoxy) is 2. The van der Waals surface area contributed by atoms with Crippen LogP contribution in [0, 0.1) is 0 Å². The van der Waals surface area contributed by atoms with E-state index >= 15 is 0 Å². The number of carbonyl (C=O) groups is 2. The number of nitrogens with one attached hydrogen (secondary N) is 1. The number of benzene rings is 3. The van der Waals surface area contributed by atoms with Gasteiger partial charge in [-0.15, -0.1) is 0 Å². The lowest BCUT2D eigenvalue weighted by Crippen LogP contribution is -2.43. The summed E-state index contributed by atoms with van der Waals surface area (Å²) in [5.74, 6) is 0.00132. The fraction of sp³-hybridized carbons (Fsp3) is 0.133. The number of imidazole rings is 1. The van der Waals surface area contributed by atoms with E-state index in [0.717, 1.165) is 22.3 Å². The summed E-state index contributed by atoms with van der Waals surface area (Å²) >= 11 is 5.98. The normalized spacial score (nSPS) is 11.6. The second-order valence-corrected chi connectivity index (χ2v) is 9.29. The number of amides is 1. The molecule has 2 heterocycles. The van der Waals surface area contributed by atoms with Crippen molar-refractivity contribution in [3.8, 4) is 16.9 Å². The van der Waals surface area contributed by atoms with E-state index in [0.29, 0.717) is 23.2 Å². The van der Waals surface area contributed by atoms with Crippen molar-refractivity contribution in [2.75, 3.05) is 7.11 Å². The third kappa shape index (κ3) is 6.42. The van der Waals surface area contributed by atoms with Gasteiger partial charge in [-0.25, -0.2) is 14.8 Å². The molecule has 1 N–H and O–H groups in total. The highest BCUT2D eigenvalue weighted by atomic mass is 35.5. The Morgan fingerprint density at radius 2 is 1.67 bits per heavy atom. The van der Waals surface area contributed by atoms with Gasteiger partial charge in [-0.3, -0.25) is 9.20 Å². The van der Waals surface area contributed by atoms with Gasteiger partial charge in [-0.2, -0.15) is 0 Å². The van der Waals surface area contributed by atoms with E-state index in [9.17, 15) is 9.59 Å². The van der Waals surface area contributed by atoms with Gasteiger partial charge in [0.25, 0.3) is 5.91 Å². The zero-order valence-corrected chi connectivity index (χ0v) is 21.8. The predicted molar refractivity (Wildman–Crippen MR) is 148 cm³/mol. The molecule has 0 fully saturated rings. The van der Waals surface area contributed by atoms with Crippen molar-refractivity contribution in [1.29, 1.82) is 0 Å². The molecular formula is C30H25ClN4O4. The minimum absolute atomic E-state index is 0.134. The highest BCUT2D eigenvalue weighted by Crippen LogP contribution is 2.21. The largest absolute Gasteiger partial charge is 0.489 e. The van der Waals surface area contributed by atoms with Crippen molar-refractivity contribution in [1.82, 2.24) is 19.7 Å². The number of carbonyl (C=O) groups excluding carboxylic acids is 2. The number of esters is 1. The molecule has 0 aliphatic rings. The zero-order chi connectivity index (χ0) is 27.2. The Kier molecular flexibility index (Phi) is 7.84. The third-order valence-electron chi connectivity index (χ3n) is 6.12. The molecule has 3 aromatic carbocycles. The van der Waals surface area contributed by atoms with Gasteiger partial charge in [-0.05, 0) is 41.0 Å². The monoisotopic (exact) mass is 540 g/mol. The Bertz CT molecular complexity index is 1590. The summed E-state index contributed by atoms with van der Waals surface area (Å²) < 4.78 is 12.4. The van der Waals surface area contributed by atoms with E-state index in [-0.39, 0.29) is 12.1 Å². The number of halogens is 1. The molecule has 1 atom stereocenters. The molecule has 0 saturated heterocycles. The summed E-state index contributed by atoms with van der Waals surface area (Å²) in [4.78, 5) is 34.2. The molecule has 0 saturated carbocycles. The van der Waals surface area contributed by atoms with Crippen LogP contribution in [0.3, 0.4) is 0 Å².